The molecule has 0 atom stereocenters. The molecule has 1 heterocycles. The molecule has 3 aromatic carbocycles. The Labute approximate surface area is 162 Å². The minimum absolute atomic E-state index is 0.513. The number of hydrogen-bond acceptors (Lipinski definition) is 1. The van der Waals surface area contributed by atoms with Crippen LogP contribution in [0.3, 0.4) is 0 Å². The zero-order valence-electron chi connectivity index (χ0n) is 12.3. The van der Waals surface area contributed by atoms with E-state index in [2.05, 4.69) is 22.6 Å². The largest absolute Gasteiger partial charge is 0.204 e. The number of rotatable bonds is 1. The zero-order chi connectivity index (χ0) is 17.7. The molecule has 0 amide bonds. The first-order valence-electron chi connectivity index (χ1n) is 7.10. The van der Waals surface area contributed by atoms with Gasteiger partial charge in [0.1, 0.15) is 10.9 Å². The molecule has 0 aromatic heterocycles. The lowest BCUT2D eigenvalue weighted by atomic mass is 10.3. The third kappa shape index (κ3) is 3.06. The highest BCUT2D eigenvalue weighted by atomic mass is 127. The van der Waals surface area contributed by atoms with Gasteiger partial charge in [-0.15, -0.1) is 0 Å². The first kappa shape index (κ1) is 17.2. The van der Waals surface area contributed by atoms with E-state index in [0.717, 1.165) is 44.5 Å². The van der Waals surface area contributed by atoms with Crippen LogP contribution in [0.1, 0.15) is 0 Å². The predicted molar refractivity (Wildman–Crippen MR) is 98.2 cm³/mol. The Hall–Kier alpha value is -1.19. The molecular weight excluding hydrogens is 483 g/mol. The van der Waals surface area contributed by atoms with Gasteiger partial charge in [-0.25, -0.2) is 17.6 Å². The monoisotopic (exact) mass is 491 g/mol. The molecule has 0 aliphatic carbocycles. The fraction of sp³-hybridized carbons (Fsp3) is 0. The highest BCUT2D eigenvalue weighted by Gasteiger charge is 2.40. The summed E-state index contributed by atoms with van der Waals surface area (Å²) in [5, 5.41) is 0. The Bertz CT molecular complexity index is 932. The first-order valence-corrected chi connectivity index (χ1v) is 10.2. The summed E-state index contributed by atoms with van der Waals surface area (Å²) < 4.78 is 56.1. The van der Waals surface area contributed by atoms with E-state index in [1.807, 2.05) is 24.3 Å². The molecule has 0 nitrogen and oxygen atoms in total. The van der Waals surface area contributed by atoms with Gasteiger partial charge in [0.2, 0.25) is 0 Å². The van der Waals surface area contributed by atoms with E-state index >= 15 is 0 Å². The lowest BCUT2D eigenvalue weighted by molar-refractivity contribution is 0.499. The van der Waals surface area contributed by atoms with Gasteiger partial charge in [0.25, 0.3) is 0 Å². The van der Waals surface area contributed by atoms with Crippen molar-refractivity contribution in [3.63, 3.8) is 0 Å². The third-order valence-electron chi connectivity index (χ3n) is 3.68. The number of halogens is 5. The smallest absolute Gasteiger partial charge is 0.183 e. The molecule has 1 aliphatic heterocycles. The molecule has 0 saturated heterocycles. The van der Waals surface area contributed by atoms with Gasteiger partial charge in [-0.2, -0.15) is 0 Å². The van der Waals surface area contributed by atoms with Crippen LogP contribution >= 0.6 is 34.4 Å². The van der Waals surface area contributed by atoms with E-state index in [1.165, 1.54) is 0 Å². The summed E-state index contributed by atoms with van der Waals surface area (Å²) in [5.41, 5.74) is 0. The van der Waals surface area contributed by atoms with Gasteiger partial charge in [0.05, 0.1) is 9.79 Å². The molecule has 0 saturated carbocycles. The summed E-state index contributed by atoms with van der Waals surface area (Å²) >= 11 is 3.29. The van der Waals surface area contributed by atoms with Crippen molar-refractivity contribution in [3.8, 4) is 0 Å². The van der Waals surface area contributed by atoms with Crippen LogP contribution in [-0.2, 0) is 10.9 Å². The van der Waals surface area contributed by atoms with Crippen LogP contribution < -0.4 is 0 Å². The lowest BCUT2D eigenvalue weighted by Crippen LogP contribution is -2.13. The summed E-state index contributed by atoms with van der Waals surface area (Å²) in [7, 11) is -0.841. The van der Waals surface area contributed by atoms with E-state index in [9.17, 15) is 17.6 Å². The maximum Gasteiger partial charge on any atom is 0.183 e. The van der Waals surface area contributed by atoms with E-state index in [4.69, 9.17) is 0 Å². The highest BCUT2D eigenvalue weighted by molar-refractivity contribution is 14.1. The van der Waals surface area contributed by atoms with Gasteiger partial charge in [-0.1, -0.05) is 11.8 Å². The van der Waals surface area contributed by atoms with Crippen LogP contribution in [0.5, 0.6) is 0 Å². The van der Waals surface area contributed by atoms with Gasteiger partial charge >= 0.3 is 0 Å². The van der Waals surface area contributed by atoms with E-state index in [1.54, 1.807) is 0 Å². The molecule has 25 heavy (non-hydrogen) atoms. The van der Waals surface area contributed by atoms with Crippen molar-refractivity contribution >= 4 is 45.2 Å². The second-order valence-corrected chi connectivity index (χ2v) is 9.58. The molecule has 1 aliphatic rings. The van der Waals surface area contributed by atoms with Gasteiger partial charge in [-0.05, 0) is 59.0 Å². The molecule has 4 rings (SSSR count). The molecule has 0 fully saturated rings. The molecular formula is C18H8F4IS2+. The number of fused-ring (bicyclic) bond motifs is 2. The minimum Gasteiger partial charge on any atom is -0.204 e. The van der Waals surface area contributed by atoms with Crippen molar-refractivity contribution in [1.82, 2.24) is 0 Å². The Morgan fingerprint density at radius 1 is 0.680 bits per heavy atom. The van der Waals surface area contributed by atoms with Crippen LogP contribution in [0.2, 0.25) is 0 Å². The first-order chi connectivity index (χ1) is 11.9. The van der Waals surface area contributed by atoms with Crippen LogP contribution in [0.25, 0.3) is 0 Å². The standard InChI is InChI=1S/C18H8F4IS2/c19-11-5-15-17(7-13(11)21)25(10-3-1-9(23)2-4-10)18-8-14(22)12(20)6-16(18)24-15/h1-8H/q+1. The maximum absolute atomic E-state index is 13.9. The van der Waals surface area contributed by atoms with Crippen molar-refractivity contribution in [2.45, 2.75) is 24.5 Å². The number of benzene rings is 3. The molecule has 0 N–H and O–H groups in total. The quantitative estimate of drug-likeness (QED) is 0.169. The highest BCUT2D eigenvalue weighted by Crippen LogP contribution is 2.49. The Kier molecular flexibility index (Phi) is 4.49. The Morgan fingerprint density at radius 3 is 1.60 bits per heavy atom. The summed E-state index contributed by atoms with van der Waals surface area (Å²) in [6.07, 6.45) is 0. The average molecular weight is 491 g/mol. The van der Waals surface area contributed by atoms with Gasteiger partial charge in [0.15, 0.2) is 38.0 Å². The predicted octanol–water partition coefficient (Wildman–Crippen LogP) is 6.41. The fourth-order valence-corrected chi connectivity index (χ4v) is 6.67. The Balaban J connectivity index is 1.99. The van der Waals surface area contributed by atoms with Gasteiger partial charge in [-0.3, -0.25) is 0 Å². The van der Waals surface area contributed by atoms with E-state index in [-0.39, 0.29) is 0 Å². The van der Waals surface area contributed by atoms with E-state index in [0.29, 0.717) is 19.6 Å². The molecule has 0 unspecified atom stereocenters. The van der Waals surface area contributed by atoms with Crippen molar-refractivity contribution in [2.24, 2.45) is 0 Å². The molecule has 7 heteroatoms. The average Bonchev–Trinajstić information content (AvgIpc) is 2.57. The summed E-state index contributed by atoms with van der Waals surface area (Å²) in [6, 6.07) is 12.1. The summed E-state index contributed by atoms with van der Waals surface area (Å²) in [6.45, 7) is 0. The van der Waals surface area contributed by atoms with Crippen molar-refractivity contribution < 1.29 is 17.6 Å². The molecule has 0 spiro atoms. The van der Waals surface area contributed by atoms with Gasteiger partial charge < -0.3 is 0 Å². The third-order valence-corrected chi connectivity index (χ3v) is 8.07. The second-order valence-electron chi connectivity index (χ2n) is 5.29. The molecule has 3 aromatic rings. The van der Waals surface area contributed by atoms with Gasteiger partial charge in [0, 0.05) is 15.7 Å². The number of hydrogen-bond donors (Lipinski definition) is 0. The van der Waals surface area contributed by atoms with Crippen LogP contribution in [-0.4, -0.2) is 0 Å². The lowest BCUT2D eigenvalue weighted by Gasteiger charge is -2.19. The Morgan fingerprint density at radius 2 is 1.12 bits per heavy atom. The van der Waals surface area contributed by atoms with Crippen molar-refractivity contribution in [1.29, 1.82) is 0 Å². The zero-order valence-corrected chi connectivity index (χ0v) is 16.1. The fourth-order valence-electron chi connectivity index (χ4n) is 2.56. The van der Waals surface area contributed by atoms with Crippen LogP contribution in [0, 0.1) is 26.8 Å². The second kappa shape index (κ2) is 6.51. The van der Waals surface area contributed by atoms with Crippen molar-refractivity contribution in [3.05, 3.63) is 75.4 Å². The molecule has 0 bridgehead atoms. The van der Waals surface area contributed by atoms with Crippen LogP contribution in [0.4, 0.5) is 17.6 Å². The summed E-state index contributed by atoms with van der Waals surface area (Å²) in [5.74, 6) is -3.81. The van der Waals surface area contributed by atoms with Crippen LogP contribution in [0.15, 0.2) is 73.0 Å². The topological polar surface area (TPSA) is 0 Å². The summed E-state index contributed by atoms with van der Waals surface area (Å²) in [4.78, 5) is 3.01. The normalized spacial score (nSPS) is 13.5. The van der Waals surface area contributed by atoms with Crippen molar-refractivity contribution in [2.75, 3.05) is 0 Å². The maximum atomic E-state index is 13.9. The van der Waals surface area contributed by atoms with E-state index < -0.39 is 34.2 Å². The minimum atomic E-state index is -0.955. The SMILES string of the molecule is Fc1cc2c(cc1F)[S+](c1ccc(I)cc1)c1cc(F)c(F)cc1S2. The molecule has 0 radical (unpaired) electrons. The molecule has 126 valence electrons.